The highest BCUT2D eigenvalue weighted by Gasteiger charge is 2.16. The Labute approximate surface area is 116 Å². The third-order valence-electron chi connectivity index (χ3n) is 2.44. The van der Waals surface area contributed by atoms with Gasteiger partial charge >= 0.3 is 5.97 Å². The largest absolute Gasteiger partial charge is 0.494 e. The Morgan fingerprint density at radius 2 is 2.20 bits per heavy atom. The van der Waals surface area contributed by atoms with Crippen molar-refractivity contribution in [3.05, 3.63) is 30.1 Å². The van der Waals surface area contributed by atoms with E-state index in [9.17, 15) is 4.79 Å². The van der Waals surface area contributed by atoms with Crippen molar-refractivity contribution >= 4 is 5.97 Å². The summed E-state index contributed by atoms with van der Waals surface area (Å²) in [4.78, 5) is 15.5. The van der Waals surface area contributed by atoms with Crippen LogP contribution >= 0.6 is 0 Å². The van der Waals surface area contributed by atoms with E-state index in [4.69, 9.17) is 14.0 Å². The SMILES string of the molecule is CCCOc1cccc(-c2nc(C(=O)OCC)no2)c1. The predicted octanol–water partition coefficient (Wildman–Crippen LogP) is 2.70. The monoisotopic (exact) mass is 276 g/mol. The van der Waals surface area contributed by atoms with Crippen LogP contribution in [-0.4, -0.2) is 29.3 Å². The van der Waals surface area contributed by atoms with Crippen molar-refractivity contribution in [2.45, 2.75) is 20.3 Å². The standard InChI is InChI=1S/C14H16N2O4/c1-3-8-19-11-7-5-6-10(9-11)13-15-12(16-20-13)14(17)18-4-2/h5-7,9H,3-4,8H2,1-2H3. The molecule has 20 heavy (non-hydrogen) atoms. The quantitative estimate of drug-likeness (QED) is 0.755. The number of esters is 1. The van der Waals surface area contributed by atoms with Gasteiger partial charge in [0.1, 0.15) is 5.75 Å². The number of ether oxygens (including phenoxy) is 2. The summed E-state index contributed by atoms with van der Waals surface area (Å²) < 4.78 is 15.4. The molecule has 0 atom stereocenters. The second-order valence-corrected chi connectivity index (χ2v) is 4.02. The average Bonchev–Trinajstić information content (AvgIpc) is 2.95. The molecule has 0 aliphatic carbocycles. The van der Waals surface area contributed by atoms with Gasteiger partial charge in [-0.2, -0.15) is 4.98 Å². The number of benzene rings is 1. The van der Waals surface area contributed by atoms with Crippen LogP contribution in [0.4, 0.5) is 0 Å². The molecule has 0 N–H and O–H groups in total. The van der Waals surface area contributed by atoms with Gasteiger partial charge in [0.05, 0.1) is 13.2 Å². The van der Waals surface area contributed by atoms with Crippen molar-refractivity contribution < 1.29 is 18.8 Å². The number of hydrogen-bond donors (Lipinski definition) is 0. The van der Waals surface area contributed by atoms with E-state index in [0.29, 0.717) is 12.2 Å². The van der Waals surface area contributed by atoms with Gasteiger partial charge in [-0.3, -0.25) is 0 Å². The van der Waals surface area contributed by atoms with Crippen molar-refractivity contribution in [3.63, 3.8) is 0 Å². The number of hydrogen-bond acceptors (Lipinski definition) is 6. The van der Waals surface area contributed by atoms with Gasteiger partial charge in [-0.1, -0.05) is 13.0 Å². The predicted molar refractivity (Wildman–Crippen MR) is 71.5 cm³/mol. The summed E-state index contributed by atoms with van der Waals surface area (Å²) in [5.74, 6) is 0.304. The number of carbonyl (C=O) groups excluding carboxylic acids is 1. The molecule has 1 aromatic carbocycles. The molecule has 0 bridgehead atoms. The molecule has 6 heteroatoms. The van der Waals surface area contributed by atoms with Gasteiger partial charge in [-0.25, -0.2) is 4.79 Å². The zero-order valence-electron chi connectivity index (χ0n) is 11.5. The minimum absolute atomic E-state index is 0.0817. The first-order valence-corrected chi connectivity index (χ1v) is 6.48. The highest BCUT2D eigenvalue weighted by Crippen LogP contribution is 2.22. The molecule has 0 radical (unpaired) electrons. The van der Waals surface area contributed by atoms with Gasteiger partial charge in [-0.05, 0) is 36.7 Å². The summed E-state index contributed by atoms with van der Waals surface area (Å²) in [7, 11) is 0. The lowest BCUT2D eigenvalue weighted by Gasteiger charge is -2.04. The summed E-state index contributed by atoms with van der Waals surface area (Å²) in [6.07, 6.45) is 0.928. The average molecular weight is 276 g/mol. The van der Waals surface area contributed by atoms with Crippen molar-refractivity contribution in [1.29, 1.82) is 0 Å². The Hall–Kier alpha value is -2.37. The van der Waals surface area contributed by atoms with E-state index < -0.39 is 5.97 Å². The molecule has 1 aromatic heterocycles. The molecule has 0 unspecified atom stereocenters. The Morgan fingerprint density at radius 3 is 2.95 bits per heavy atom. The first-order valence-electron chi connectivity index (χ1n) is 6.48. The number of rotatable bonds is 6. The van der Waals surface area contributed by atoms with Gasteiger partial charge in [0.2, 0.25) is 0 Å². The van der Waals surface area contributed by atoms with Crippen molar-refractivity contribution in [2.24, 2.45) is 0 Å². The Kier molecular flexibility index (Phi) is 4.70. The third kappa shape index (κ3) is 3.34. The van der Waals surface area contributed by atoms with E-state index in [0.717, 1.165) is 12.2 Å². The van der Waals surface area contributed by atoms with Crippen LogP contribution in [0.15, 0.2) is 28.8 Å². The number of nitrogens with zero attached hydrogens (tertiary/aromatic N) is 2. The molecule has 0 amide bonds. The van der Waals surface area contributed by atoms with Crippen LogP contribution in [0.5, 0.6) is 5.75 Å². The molecule has 106 valence electrons. The first kappa shape index (κ1) is 14.0. The van der Waals surface area contributed by atoms with Crippen LogP contribution < -0.4 is 4.74 Å². The molecule has 0 saturated heterocycles. The molecular formula is C14H16N2O4. The maximum absolute atomic E-state index is 11.5. The molecule has 0 aliphatic rings. The number of aromatic nitrogens is 2. The van der Waals surface area contributed by atoms with Gasteiger partial charge in [0.25, 0.3) is 11.7 Å². The molecule has 0 fully saturated rings. The lowest BCUT2D eigenvalue weighted by atomic mass is 10.2. The maximum atomic E-state index is 11.5. The van der Waals surface area contributed by atoms with Crippen molar-refractivity contribution in [3.8, 4) is 17.2 Å². The highest BCUT2D eigenvalue weighted by molar-refractivity contribution is 5.85. The molecule has 0 aliphatic heterocycles. The fourth-order valence-electron chi connectivity index (χ4n) is 1.56. The minimum Gasteiger partial charge on any atom is -0.494 e. The summed E-state index contributed by atoms with van der Waals surface area (Å²) >= 11 is 0. The second-order valence-electron chi connectivity index (χ2n) is 4.02. The van der Waals surface area contributed by atoms with E-state index in [1.807, 2.05) is 19.1 Å². The Morgan fingerprint density at radius 1 is 1.35 bits per heavy atom. The van der Waals surface area contributed by atoms with Crippen molar-refractivity contribution in [2.75, 3.05) is 13.2 Å². The first-order chi connectivity index (χ1) is 9.74. The van der Waals surface area contributed by atoms with Crippen LogP contribution in [0.2, 0.25) is 0 Å². The van der Waals surface area contributed by atoms with E-state index in [1.165, 1.54) is 0 Å². The molecular weight excluding hydrogens is 260 g/mol. The van der Waals surface area contributed by atoms with Crippen LogP contribution in [0, 0.1) is 0 Å². The summed E-state index contributed by atoms with van der Waals surface area (Å²) in [6, 6.07) is 7.27. The lowest BCUT2D eigenvalue weighted by Crippen LogP contribution is -2.06. The van der Waals surface area contributed by atoms with Crippen LogP contribution in [0.3, 0.4) is 0 Å². The number of carbonyl (C=O) groups is 1. The van der Waals surface area contributed by atoms with Gasteiger partial charge in [0, 0.05) is 5.56 Å². The molecule has 1 heterocycles. The third-order valence-corrected chi connectivity index (χ3v) is 2.44. The summed E-state index contributed by atoms with van der Waals surface area (Å²) in [6.45, 7) is 4.66. The fourth-order valence-corrected chi connectivity index (χ4v) is 1.56. The molecule has 2 rings (SSSR count). The molecule has 0 spiro atoms. The molecule has 2 aromatic rings. The van der Waals surface area contributed by atoms with Gasteiger partial charge in [0.15, 0.2) is 0 Å². The summed E-state index contributed by atoms with van der Waals surface area (Å²) in [5.41, 5.74) is 0.696. The van der Waals surface area contributed by atoms with Gasteiger partial charge < -0.3 is 14.0 Å². The van der Waals surface area contributed by atoms with E-state index >= 15 is 0 Å². The minimum atomic E-state index is -0.596. The van der Waals surface area contributed by atoms with Crippen LogP contribution in [0.1, 0.15) is 30.9 Å². The van der Waals surface area contributed by atoms with E-state index in [-0.39, 0.29) is 18.3 Å². The lowest BCUT2D eigenvalue weighted by molar-refractivity contribution is 0.0508. The van der Waals surface area contributed by atoms with Crippen LogP contribution in [-0.2, 0) is 4.74 Å². The zero-order chi connectivity index (χ0) is 14.4. The molecule has 6 nitrogen and oxygen atoms in total. The highest BCUT2D eigenvalue weighted by atomic mass is 16.5. The normalized spacial score (nSPS) is 10.3. The van der Waals surface area contributed by atoms with E-state index in [1.54, 1.807) is 19.1 Å². The topological polar surface area (TPSA) is 74.5 Å². The second kappa shape index (κ2) is 6.70. The van der Waals surface area contributed by atoms with Gasteiger partial charge in [-0.15, -0.1) is 0 Å². The van der Waals surface area contributed by atoms with Crippen molar-refractivity contribution in [1.82, 2.24) is 10.1 Å². The fraction of sp³-hybridized carbons (Fsp3) is 0.357. The Balaban J connectivity index is 2.17. The summed E-state index contributed by atoms with van der Waals surface area (Å²) in [5, 5.41) is 3.60. The zero-order valence-corrected chi connectivity index (χ0v) is 11.5. The smallest absolute Gasteiger partial charge is 0.379 e. The van der Waals surface area contributed by atoms with Crippen LogP contribution in [0.25, 0.3) is 11.5 Å². The maximum Gasteiger partial charge on any atom is 0.379 e. The van der Waals surface area contributed by atoms with E-state index in [2.05, 4.69) is 10.1 Å². The molecule has 0 saturated carbocycles. The Bertz CT molecular complexity index is 580.